The Kier molecular flexibility index (Phi) is 9.39. The molecule has 8 heteroatoms. The van der Waals surface area contributed by atoms with Crippen LogP contribution in [0.15, 0.2) is 25.3 Å². The SMILES string of the molecule is C=CCCCOC(=O)[C@H]1[C@H]2C(=O)N([C@@H](CC)CO)C(C(=O)N(CC=C)CCCC)C23CC[C@]1(CC)O3. The Morgan fingerprint density at radius 1 is 1.25 bits per heavy atom. The van der Waals surface area contributed by atoms with E-state index in [1.165, 1.54) is 4.90 Å². The number of likely N-dealkylation sites (tertiary alicyclic amines) is 1. The van der Waals surface area contributed by atoms with E-state index in [0.29, 0.717) is 45.2 Å². The molecule has 3 saturated heterocycles. The number of ether oxygens (including phenoxy) is 2. The van der Waals surface area contributed by atoms with Gasteiger partial charge in [-0.25, -0.2) is 0 Å². The molecule has 2 bridgehead atoms. The molecule has 0 aliphatic carbocycles. The molecule has 0 aromatic carbocycles. The van der Waals surface area contributed by atoms with Gasteiger partial charge in [0, 0.05) is 13.1 Å². The van der Waals surface area contributed by atoms with E-state index < -0.39 is 41.1 Å². The zero-order chi connectivity index (χ0) is 26.5. The molecule has 0 aromatic heterocycles. The van der Waals surface area contributed by atoms with Gasteiger partial charge in [0.25, 0.3) is 0 Å². The second kappa shape index (κ2) is 11.9. The maximum Gasteiger partial charge on any atom is 0.312 e. The maximum atomic E-state index is 14.2. The van der Waals surface area contributed by atoms with Crippen LogP contribution in [0.4, 0.5) is 0 Å². The molecule has 1 N–H and O–H groups in total. The molecule has 6 atom stereocenters. The van der Waals surface area contributed by atoms with Gasteiger partial charge in [0.2, 0.25) is 11.8 Å². The minimum Gasteiger partial charge on any atom is -0.465 e. The molecule has 1 spiro atoms. The average Bonchev–Trinajstić information content (AvgIpc) is 3.49. The summed E-state index contributed by atoms with van der Waals surface area (Å²) in [5.41, 5.74) is -1.93. The van der Waals surface area contributed by atoms with Crippen LogP contribution in [0, 0.1) is 11.8 Å². The predicted molar refractivity (Wildman–Crippen MR) is 137 cm³/mol. The van der Waals surface area contributed by atoms with Crippen LogP contribution in [-0.4, -0.2) is 82.3 Å². The molecule has 202 valence electrons. The van der Waals surface area contributed by atoms with Crippen LogP contribution >= 0.6 is 0 Å². The van der Waals surface area contributed by atoms with Crippen LogP contribution in [0.2, 0.25) is 0 Å². The lowest BCUT2D eigenvalue weighted by molar-refractivity contribution is -0.163. The summed E-state index contributed by atoms with van der Waals surface area (Å²) in [7, 11) is 0. The number of aliphatic hydroxyl groups is 1. The Labute approximate surface area is 215 Å². The third-order valence-electron chi connectivity index (χ3n) is 8.42. The van der Waals surface area contributed by atoms with Gasteiger partial charge in [0.1, 0.15) is 17.6 Å². The van der Waals surface area contributed by atoms with Crippen molar-refractivity contribution in [3.05, 3.63) is 25.3 Å². The number of unbranched alkanes of at least 4 members (excludes halogenated alkanes) is 2. The average molecular weight is 505 g/mol. The van der Waals surface area contributed by atoms with Crippen molar-refractivity contribution in [2.75, 3.05) is 26.3 Å². The third-order valence-corrected chi connectivity index (χ3v) is 8.42. The van der Waals surface area contributed by atoms with Gasteiger partial charge < -0.3 is 24.4 Å². The molecule has 3 fully saturated rings. The van der Waals surface area contributed by atoms with E-state index in [1.54, 1.807) is 17.1 Å². The molecule has 2 unspecified atom stereocenters. The number of hydrogen-bond acceptors (Lipinski definition) is 6. The number of carbonyl (C=O) groups is 3. The quantitative estimate of drug-likeness (QED) is 0.209. The molecule has 3 aliphatic rings. The van der Waals surface area contributed by atoms with Crippen molar-refractivity contribution in [2.45, 2.75) is 95.4 Å². The molecular weight excluding hydrogens is 460 g/mol. The van der Waals surface area contributed by atoms with Gasteiger partial charge in [0.05, 0.1) is 30.8 Å². The Bertz CT molecular complexity index is 842. The Morgan fingerprint density at radius 3 is 2.58 bits per heavy atom. The van der Waals surface area contributed by atoms with Crippen LogP contribution in [-0.2, 0) is 23.9 Å². The summed E-state index contributed by atoms with van der Waals surface area (Å²) in [6, 6.07) is -1.43. The van der Waals surface area contributed by atoms with E-state index in [4.69, 9.17) is 9.47 Å². The molecule has 0 radical (unpaired) electrons. The molecule has 3 heterocycles. The van der Waals surface area contributed by atoms with E-state index in [-0.39, 0.29) is 25.0 Å². The number of esters is 1. The van der Waals surface area contributed by atoms with E-state index in [0.717, 1.165) is 19.3 Å². The summed E-state index contributed by atoms with van der Waals surface area (Å²) in [6.45, 7) is 14.3. The second-order valence-electron chi connectivity index (χ2n) is 10.3. The normalized spacial score (nSPS) is 31.3. The summed E-state index contributed by atoms with van der Waals surface area (Å²) in [4.78, 5) is 45.0. The number of aliphatic hydroxyl groups excluding tert-OH is 1. The summed E-state index contributed by atoms with van der Waals surface area (Å²) in [5, 5.41) is 10.2. The molecule has 36 heavy (non-hydrogen) atoms. The number of allylic oxidation sites excluding steroid dienone is 1. The monoisotopic (exact) mass is 504 g/mol. The van der Waals surface area contributed by atoms with Gasteiger partial charge >= 0.3 is 5.97 Å². The molecule has 3 rings (SSSR count). The van der Waals surface area contributed by atoms with Gasteiger partial charge in [-0.15, -0.1) is 13.2 Å². The fourth-order valence-electron chi connectivity index (χ4n) is 6.56. The Balaban J connectivity index is 2.05. The van der Waals surface area contributed by atoms with Crippen molar-refractivity contribution in [3.8, 4) is 0 Å². The molecule has 0 aromatic rings. The van der Waals surface area contributed by atoms with Crippen molar-refractivity contribution in [3.63, 3.8) is 0 Å². The first-order valence-electron chi connectivity index (χ1n) is 13.6. The minimum atomic E-state index is -1.11. The molecular formula is C28H44N2O6. The number of nitrogens with zero attached hydrogens (tertiary/aromatic N) is 2. The predicted octanol–water partition coefficient (Wildman–Crippen LogP) is 3.24. The van der Waals surface area contributed by atoms with Gasteiger partial charge in [-0.3, -0.25) is 14.4 Å². The van der Waals surface area contributed by atoms with Crippen molar-refractivity contribution in [1.82, 2.24) is 9.80 Å². The van der Waals surface area contributed by atoms with Gasteiger partial charge in [-0.05, 0) is 44.9 Å². The standard InChI is InChI=1S/C28H44N2O6/c1-6-11-13-18-35-26(34)22-21-24(32)30(20(9-4)19-31)23(25(33)29(16-8-3)17-12-7-2)28(21)15-14-27(22,10-5)36-28/h6,8,20-23,31H,1,3,7,9-19H2,2,4-5H3/t20-,21-,22+,23?,27-,28?/m0/s1. The van der Waals surface area contributed by atoms with Crippen molar-refractivity contribution in [2.24, 2.45) is 11.8 Å². The smallest absolute Gasteiger partial charge is 0.312 e. The maximum absolute atomic E-state index is 14.2. The van der Waals surface area contributed by atoms with Crippen molar-refractivity contribution < 1.29 is 29.0 Å². The van der Waals surface area contributed by atoms with Crippen LogP contribution in [0.25, 0.3) is 0 Å². The third kappa shape index (κ3) is 4.62. The van der Waals surface area contributed by atoms with Gasteiger partial charge in [0.15, 0.2) is 0 Å². The highest BCUT2D eigenvalue weighted by Crippen LogP contribution is 2.64. The van der Waals surface area contributed by atoms with Crippen LogP contribution < -0.4 is 0 Å². The first-order chi connectivity index (χ1) is 17.3. The lowest BCUT2D eigenvalue weighted by Gasteiger charge is -2.39. The van der Waals surface area contributed by atoms with Crippen LogP contribution in [0.5, 0.6) is 0 Å². The topological polar surface area (TPSA) is 96.4 Å². The number of amides is 2. The zero-order valence-corrected chi connectivity index (χ0v) is 22.2. The number of fused-ring (bicyclic) bond motifs is 1. The Morgan fingerprint density at radius 2 is 2.00 bits per heavy atom. The number of carbonyl (C=O) groups excluding carboxylic acids is 3. The lowest BCUT2D eigenvalue weighted by atomic mass is 9.65. The largest absolute Gasteiger partial charge is 0.465 e. The summed E-state index contributed by atoms with van der Waals surface area (Å²) in [6.07, 6.45) is 8.75. The van der Waals surface area contributed by atoms with E-state index in [9.17, 15) is 19.5 Å². The molecule has 0 saturated carbocycles. The van der Waals surface area contributed by atoms with E-state index in [2.05, 4.69) is 20.1 Å². The van der Waals surface area contributed by atoms with Crippen molar-refractivity contribution >= 4 is 17.8 Å². The second-order valence-corrected chi connectivity index (χ2v) is 10.3. The first kappa shape index (κ1) is 28.4. The van der Waals surface area contributed by atoms with Crippen LogP contribution in [0.1, 0.15) is 72.1 Å². The highest BCUT2D eigenvalue weighted by molar-refractivity contribution is 5.98. The lowest BCUT2D eigenvalue weighted by Crippen LogP contribution is -2.59. The fourth-order valence-corrected chi connectivity index (χ4v) is 6.56. The number of rotatable bonds is 15. The van der Waals surface area contributed by atoms with Gasteiger partial charge in [-0.2, -0.15) is 0 Å². The number of hydrogen-bond donors (Lipinski definition) is 1. The zero-order valence-electron chi connectivity index (χ0n) is 22.2. The van der Waals surface area contributed by atoms with E-state index in [1.807, 2.05) is 13.8 Å². The fraction of sp³-hybridized carbons (Fsp3) is 0.750. The summed E-state index contributed by atoms with van der Waals surface area (Å²) < 4.78 is 12.4. The Hall–Kier alpha value is -2.19. The van der Waals surface area contributed by atoms with Crippen LogP contribution in [0.3, 0.4) is 0 Å². The minimum absolute atomic E-state index is 0.196. The first-order valence-corrected chi connectivity index (χ1v) is 13.6. The van der Waals surface area contributed by atoms with E-state index >= 15 is 0 Å². The van der Waals surface area contributed by atoms with Gasteiger partial charge in [-0.1, -0.05) is 39.3 Å². The molecule has 8 nitrogen and oxygen atoms in total. The molecule has 2 amide bonds. The van der Waals surface area contributed by atoms with Crippen molar-refractivity contribution in [1.29, 1.82) is 0 Å². The summed E-state index contributed by atoms with van der Waals surface area (Å²) >= 11 is 0. The highest BCUT2D eigenvalue weighted by atomic mass is 16.6. The highest BCUT2D eigenvalue weighted by Gasteiger charge is 2.79. The molecule has 3 aliphatic heterocycles. The summed E-state index contributed by atoms with van der Waals surface area (Å²) in [5.74, 6) is -2.49.